The number of benzene rings is 1. The van der Waals surface area contributed by atoms with Crippen molar-refractivity contribution in [3.63, 3.8) is 0 Å². The Bertz CT molecular complexity index is 709. The van der Waals surface area contributed by atoms with Crippen molar-refractivity contribution in [1.82, 2.24) is 20.0 Å². The van der Waals surface area contributed by atoms with Crippen molar-refractivity contribution in [1.29, 1.82) is 0 Å². The fraction of sp³-hybridized carbons (Fsp3) is 0.333. The van der Waals surface area contributed by atoms with Crippen molar-refractivity contribution >= 4 is 11.6 Å². The van der Waals surface area contributed by atoms with Gasteiger partial charge in [0.1, 0.15) is 0 Å². The molecule has 122 valence electrons. The van der Waals surface area contributed by atoms with Crippen molar-refractivity contribution < 1.29 is 4.92 Å². The Balaban J connectivity index is 1.97. The highest BCUT2D eigenvalue weighted by atomic mass is 16.6. The van der Waals surface area contributed by atoms with Crippen molar-refractivity contribution in [2.75, 3.05) is 14.1 Å². The summed E-state index contributed by atoms with van der Waals surface area (Å²) in [5.41, 5.74) is 1.99. The average Bonchev–Trinajstić information content (AvgIpc) is 2.93. The molecule has 0 fully saturated rings. The molecular formula is C15H20N6O2. The molecule has 0 aliphatic rings. The van der Waals surface area contributed by atoms with E-state index >= 15 is 0 Å². The van der Waals surface area contributed by atoms with Crippen molar-refractivity contribution in [3.8, 4) is 0 Å². The lowest BCUT2D eigenvalue weighted by Gasteiger charge is -2.21. The second-order valence-corrected chi connectivity index (χ2v) is 5.21. The first-order valence-corrected chi connectivity index (χ1v) is 7.12. The third-order valence-electron chi connectivity index (χ3n) is 3.32. The summed E-state index contributed by atoms with van der Waals surface area (Å²) in [6, 6.07) is 6.56. The number of aromatic nitrogens is 2. The minimum absolute atomic E-state index is 0.0861. The standard InChI is InChI=1S/C15H20N6O2/c1-16-15(19(2)10-13-9-18-20(3)11-13)17-8-12-5-4-6-14(7-12)21(22)23/h4-7,9,11H,8,10H2,1-3H3,(H,16,17). The Morgan fingerprint density at radius 1 is 1.48 bits per heavy atom. The first kappa shape index (κ1) is 16.5. The van der Waals surface area contributed by atoms with Gasteiger partial charge in [-0.3, -0.25) is 19.8 Å². The van der Waals surface area contributed by atoms with Crippen LogP contribution in [0.5, 0.6) is 0 Å². The zero-order valence-corrected chi connectivity index (χ0v) is 13.4. The molecule has 0 saturated heterocycles. The third kappa shape index (κ3) is 4.53. The number of rotatable bonds is 5. The molecule has 1 heterocycles. The van der Waals surface area contributed by atoms with Crippen LogP contribution < -0.4 is 5.32 Å². The van der Waals surface area contributed by atoms with Crippen LogP contribution >= 0.6 is 0 Å². The number of hydrogen-bond acceptors (Lipinski definition) is 4. The number of nitrogens with one attached hydrogen (secondary N) is 1. The number of nitro groups is 1. The first-order chi connectivity index (χ1) is 11.0. The molecule has 0 bridgehead atoms. The molecule has 1 N–H and O–H groups in total. The molecule has 0 amide bonds. The van der Waals surface area contributed by atoms with Crippen molar-refractivity contribution in [2.24, 2.45) is 12.0 Å². The number of aliphatic imine (C=N–C) groups is 1. The van der Waals surface area contributed by atoms with Crippen LogP contribution in [0, 0.1) is 10.1 Å². The van der Waals surface area contributed by atoms with Gasteiger partial charge in [-0.05, 0) is 5.56 Å². The van der Waals surface area contributed by atoms with E-state index in [4.69, 9.17) is 0 Å². The average molecular weight is 316 g/mol. The highest BCUT2D eigenvalue weighted by molar-refractivity contribution is 5.79. The summed E-state index contributed by atoms with van der Waals surface area (Å²) in [5, 5.41) is 18.2. The summed E-state index contributed by atoms with van der Waals surface area (Å²) in [7, 11) is 5.50. The van der Waals surface area contributed by atoms with E-state index in [1.165, 1.54) is 6.07 Å². The molecule has 8 nitrogen and oxygen atoms in total. The molecule has 8 heteroatoms. The summed E-state index contributed by atoms with van der Waals surface area (Å²) < 4.78 is 1.75. The van der Waals surface area contributed by atoms with Crippen LogP contribution in [0.15, 0.2) is 41.7 Å². The summed E-state index contributed by atoms with van der Waals surface area (Å²) >= 11 is 0. The molecule has 0 radical (unpaired) electrons. The maximum absolute atomic E-state index is 10.8. The van der Waals surface area contributed by atoms with Gasteiger partial charge in [-0.25, -0.2) is 0 Å². The smallest absolute Gasteiger partial charge is 0.269 e. The predicted octanol–water partition coefficient (Wildman–Crippen LogP) is 1.54. The highest BCUT2D eigenvalue weighted by Crippen LogP contribution is 2.13. The van der Waals surface area contributed by atoms with Gasteiger partial charge in [0.05, 0.1) is 11.1 Å². The molecular weight excluding hydrogens is 296 g/mol. The van der Waals surface area contributed by atoms with Gasteiger partial charge < -0.3 is 10.2 Å². The van der Waals surface area contributed by atoms with Crippen molar-refractivity contribution in [2.45, 2.75) is 13.1 Å². The first-order valence-electron chi connectivity index (χ1n) is 7.12. The van der Waals surface area contributed by atoms with E-state index in [-0.39, 0.29) is 5.69 Å². The Labute approximate surface area is 134 Å². The largest absolute Gasteiger partial charge is 0.352 e. The molecule has 0 atom stereocenters. The lowest BCUT2D eigenvalue weighted by Crippen LogP contribution is -2.37. The van der Waals surface area contributed by atoms with Gasteiger partial charge in [0.25, 0.3) is 5.69 Å². The van der Waals surface area contributed by atoms with E-state index in [2.05, 4.69) is 15.4 Å². The summed E-state index contributed by atoms with van der Waals surface area (Å²) in [6.07, 6.45) is 3.76. The number of aryl methyl sites for hydroxylation is 1. The maximum Gasteiger partial charge on any atom is 0.269 e. The molecule has 2 aromatic rings. The molecule has 1 aromatic heterocycles. The van der Waals surface area contributed by atoms with Crippen LogP contribution in [-0.4, -0.2) is 39.7 Å². The van der Waals surface area contributed by atoms with Crippen LogP contribution in [0.1, 0.15) is 11.1 Å². The summed E-state index contributed by atoms with van der Waals surface area (Å²) in [6.45, 7) is 1.13. The normalized spacial score (nSPS) is 11.3. The fourth-order valence-electron chi connectivity index (χ4n) is 2.25. The topological polar surface area (TPSA) is 88.6 Å². The van der Waals surface area contributed by atoms with Gasteiger partial charge in [-0.1, -0.05) is 12.1 Å². The quantitative estimate of drug-likeness (QED) is 0.391. The van der Waals surface area contributed by atoms with Crippen molar-refractivity contribution in [3.05, 3.63) is 57.9 Å². The van der Waals surface area contributed by atoms with Gasteiger partial charge in [-0.15, -0.1) is 0 Å². The molecule has 0 aliphatic carbocycles. The second kappa shape index (κ2) is 7.39. The van der Waals surface area contributed by atoms with Crippen LogP contribution in [0.4, 0.5) is 5.69 Å². The summed E-state index contributed by atoms with van der Waals surface area (Å²) in [4.78, 5) is 16.6. The molecule has 0 saturated carbocycles. The minimum atomic E-state index is -0.396. The Kier molecular flexibility index (Phi) is 5.29. The monoisotopic (exact) mass is 316 g/mol. The molecule has 2 rings (SSSR count). The SMILES string of the molecule is CN=C(NCc1cccc([N+](=O)[O-])c1)N(C)Cc1cnn(C)c1. The highest BCUT2D eigenvalue weighted by Gasteiger charge is 2.09. The molecule has 0 aliphatic heterocycles. The van der Waals surface area contributed by atoms with Crippen LogP contribution in [-0.2, 0) is 20.1 Å². The van der Waals surface area contributed by atoms with E-state index in [1.807, 2.05) is 37.5 Å². The maximum atomic E-state index is 10.8. The third-order valence-corrected chi connectivity index (χ3v) is 3.32. The van der Waals surface area contributed by atoms with Gasteiger partial charge in [0, 0.05) is 58.1 Å². The lowest BCUT2D eigenvalue weighted by atomic mass is 10.2. The van der Waals surface area contributed by atoms with Crippen LogP contribution in [0.3, 0.4) is 0 Å². The molecule has 0 spiro atoms. The number of nitro benzene ring substituents is 1. The Morgan fingerprint density at radius 2 is 2.26 bits per heavy atom. The zero-order chi connectivity index (χ0) is 16.8. The summed E-state index contributed by atoms with van der Waals surface area (Å²) in [5.74, 6) is 0.709. The Hall–Kier alpha value is -2.90. The number of guanidine groups is 1. The molecule has 23 heavy (non-hydrogen) atoms. The van der Waals surface area contributed by atoms with E-state index in [9.17, 15) is 10.1 Å². The van der Waals surface area contributed by atoms with Gasteiger partial charge in [-0.2, -0.15) is 5.10 Å². The van der Waals surface area contributed by atoms with Gasteiger partial charge in [0.15, 0.2) is 5.96 Å². The van der Waals surface area contributed by atoms with Gasteiger partial charge in [0.2, 0.25) is 0 Å². The molecule has 1 aromatic carbocycles. The number of non-ortho nitro benzene ring substituents is 1. The van der Waals surface area contributed by atoms with Gasteiger partial charge >= 0.3 is 0 Å². The lowest BCUT2D eigenvalue weighted by molar-refractivity contribution is -0.384. The zero-order valence-electron chi connectivity index (χ0n) is 13.4. The minimum Gasteiger partial charge on any atom is -0.352 e. The number of hydrogen-bond donors (Lipinski definition) is 1. The van der Waals surface area contributed by atoms with E-state index in [1.54, 1.807) is 23.9 Å². The predicted molar refractivity (Wildman–Crippen MR) is 88.0 cm³/mol. The Morgan fingerprint density at radius 3 is 2.87 bits per heavy atom. The van der Waals surface area contributed by atoms with Crippen LogP contribution in [0.2, 0.25) is 0 Å². The molecule has 0 unspecified atom stereocenters. The number of nitrogens with zero attached hydrogens (tertiary/aromatic N) is 5. The van der Waals surface area contributed by atoms with Crippen LogP contribution in [0.25, 0.3) is 0 Å². The van der Waals surface area contributed by atoms with E-state index < -0.39 is 4.92 Å². The fourth-order valence-corrected chi connectivity index (χ4v) is 2.25. The second-order valence-electron chi connectivity index (χ2n) is 5.21. The van der Waals surface area contributed by atoms with E-state index in [0.29, 0.717) is 19.0 Å². The van der Waals surface area contributed by atoms with E-state index in [0.717, 1.165) is 11.1 Å².